The second-order valence-electron chi connectivity index (χ2n) is 5.00. The largest absolute Gasteiger partial charge is 0.481 e. The smallest absolute Gasteiger partial charge is 0.312 e. The zero-order chi connectivity index (χ0) is 14.1. The van der Waals surface area contributed by atoms with Crippen LogP contribution >= 0.6 is 11.3 Å². The van der Waals surface area contributed by atoms with Crippen LogP contribution in [0.15, 0.2) is 18.5 Å². The molecular formula is C15H16N2O2S. The van der Waals surface area contributed by atoms with Gasteiger partial charge in [0.15, 0.2) is 0 Å². The maximum absolute atomic E-state index is 11.3. The minimum atomic E-state index is -0.756. The van der Waals surface area contributed by atoms with Crippen LogP contribution < -0.4 is 0 Å². The minimum Gasteiger partial charge on any atom is -0.481 e. The lowest BCUT2D eigenvalue weighted by Crippen LogP contribution is -2.17. The van der Waals surface area contributed by atoms with E-state index in [1.807, 2.05) is 12.3 Å². The summed E-state index contributed by atoms with van der Waals surface area (Å²) in [5.74, 6) is -1.19. The van der Waals surface area contributed by atoms with Gasteiger partial charge in [0.1, 0.15) is 5.01 Å². The van der Waals surface area contributed by atoms with Crippen molar-refractivity contribution in [3.05, 3.63) is 34.6 Å². The number of aryl methyl sites for hydroxylation is 2. The van der Waals surface area contributed by atoms with Crippen molar-refractivity contribution >= 4 is 17.3 Å². The summed E-state index contributed by atoms with van der Waals surface area (Å²) in [6.45, 7) is 2.09. The summed E-state index contributed by atoms with van der Waals surface area (Å²) in [5.41, 5.74) is 3.03. The van der Waals surface area contributed by atoms with Crippen molar-refractivity contribution in [2.75, 3.05) is 0 Å². The molecule has 1 aliphatic rings. The van der Waals surface area contributed by atoms with E-state index < -0.39 is 11.9 Å². The predicted molar refractivity (Wildman–Crippen MR) is 78.0 cm³/mol. The van der Waals surface area contributed by atoms with Gasteiger partial charge in [0.2, 0.25) is 0 Å². The number of aliphatic carboxylic acids is 1. The highest BCUT2D eigenvalue weighted by Gasteiger charge is 2.30. The topological polar surface area (TPSA) is 63.1 Å². The lowest BCUT2D eigenvalue weighted by molar-refractivity contribution is -0.139. The van der Waals surface area contributed by atoms with Gasteiger partial charge in [-0.2, -0.15) is 0 Å². The highest BCUT2D eigenvalue weighted by atomic mass is 32.1. The maximum Gasteiger partial charge on any atom is 0.312 e. The van der Waals surface area contributed by atoms with Gasteiger partial charge in [0.05, 0.1) is 11.6 Å². The van der Waals surface area contributed by atoms with Gasteiger partial charge in [-0.1, -0.05) is 6.92 Å². The zero-order valence-corrected chi connectivity index (χ0v) is 12.1. The second kappa shape index (κ2) is 5.32. The highest BCUT2D eigenvalue weighted by Crippen LogP contribution is 2.39. The fourth-order valence-corrected chi connectivity index (χ4v) is 3.92. The Labute approximate surface area is 121 Å². The van der Waals surface area contributed by atoms with Crippen LogP contribution in [0, 0.1) is 0 Å². The molecule has 0 amide bonds. The van der Waals surface area contributed by atoms with Crippen molar-refractivity contribution in [3.8, 4) is 10.6 Å². The number of fused-ring (bicyclic) bond motifs is 1. The Morgan fingerprint density at radius 3 is 3.15 bits per heavy atom. The number of nitrogens with zero attached hydrogens (tertiary/aromatic N) is 2. The molecule has 1 unspecified atom stereocenters. The predicted octanol–water partition coefficient (Wildman–Crippen LogP) is 3.27. The quantitative estimate of drug-likeness (QED) is 0.941. The summed E-state index contributed by atoms with van der Waals surface area (Å²) in [5, 5.41) is 10.3. The molecule has 0 spiro atoms. The summed E-state index contributed by atoms with van der Waals surface area (Å²) in [4.78, 5) is 21.3. The standard InChI is InChI=1S/C15H16N2O2S/c1-2-9-8-16-7-6-10(9)14-17-13-11(15(18)19)4-3-5-12(13)20-14/h6-8,11H,2-5H2,1H3,(H,18,19). The van der Waals surface area contributed by atoms with Crippen molar-refractivity contribution in [2.45, 2.75) is 38.5 Å². The molecular weight excluding hydrogens is 272 g/mol. The van der Waals surface area contributed by atoms with Gasteiger partial charge >= 0.3 is 5.97 Å². The van der Waals surface area contributed by atoms with Crippen molar-refractivity contribution in [1.82, 2.24) is 9.97 Å². The molecule has 0 bridgehead atoms. The molecule has 0 saturated heterocycles. The molecule has 1 atom stereocenters. The average molecular weight is 288 g/mol. The molecule has 3 rings (SSSR count). The van der Waals surface area contributed by atoms with Crippen molar-refractivity contribution in [3.63, 3.8) is 0 Å². The monoisotopic (exact) mass is 288 g/mol. The summed E-state index contributed by atoms with van der Waals surface area (Å²) >= 11 is 1.64. The number of aromatic nitrogens is 2. The number of hydrogen-bond donors (Lipinski definition) is 1. The number of rotatable bonds is 3. The van der Waals surface area contributed by atoms with Crippen molar-refractivity contribution < 1.29 is 9.90 Å². The molecule has 1 N–H and O–H groups in total. The van der Waals surface area contributed by atoms with Crippen LogP contribution in [-0.4, -0.2) is 21.0 Å². The molecule has 1 aliphatic carbocycles. The van der Waals surface area contributed by atoms with Crippen molar-refractivity contribution in [2.24, 2.45) is 0 Å². The first kappa shape index (κ1) is 13.2. The van der Waals surface area contributed by atoms with E-state index in [1.54, 1.807) is 17.5 Å². The Bertz CT molecular complexity index is 651. The normalized spacial score (nSPS) is 17.8. The van der Waals surface area contributed by atoms with Gasteiger partial charge in [0.25, 0.3) is 0 Å². The Morgan fingerprint density at radius 2 is 2.40 bits per heavy atom. The van der Waals surface area contributed by atoms with Gasteiger partial charge in [0, 0.05) is 22.8 Å². The first-order valence-electron chi connectivity index (χ1n) is 6.86. The molecule has 0 saturated carbocycles. The SMILES string of the molecule is CCc1cnccc1-c1nc2c(s1)CCCC2C(=O)O. The molecule has 0 aliphatic heterocycles. The maximum atomic E-state index is 11.3. The number of pyridine rings is 1. The molecule has 2 heterocycles. The summed E-state index contributed by atoms with van der Waals surface area (Å²) < 4.78 is 0. The molecule has 104 valence electrons. The molecule has 0 aromatic carbocycles. The third kappa shape index (κ3) is 2.22. The van der Waals surface area contributed by atoms with Crippen LogP contribution in [-0.2, 0) is 17.6 Å². The van der Waals surface area contributed by atoms with Gasteiger partial charge in [-0.15, -0.1) is 11.3 Å². The van der Waals surface area contributed by atoms with Crippen molar-refractivity contribution in [1.29, 1.82) is 0 Å². The van der Waals surface area contributed by atoms with E-state index in [0.717, 1.165) is 46.0 Å². The van der Waals surface area contributed by atoms with E-state index in [2.05, 4.69) is 16.9 Å². The second-order valence-corrected chi connectivity index (χ2v) is 6.08. The summed E-state index contributed by atoms with van der Waals surface area (Å²) in [7, 11) is 0. The lowest BCUT2D eigenvalue weighted by atomic mass is 9.91. The van der Waals surface area contributed by atoms with Gasteiger partial charge < -0.3 is 5.11 Å². The van der Waals surface area contributed by atoms with Crippen LogP contribution in [0.5, 0.6) is 0 Å². The molecule has 0 radical (unpaired) electrons. The van der Waals surface area contributed by atoms with Crippen LogP contribution in [0.1, 0.15) is 41.8 Å². The number of hydrogen-bond acceptors (Lipinski definition) is 4. The van der Waals surface area contributed by atoms with Crippen LogP contribution in [0.2, 0.25) is 0 Å². The number of carboxylic acids is 1. The summed E-state index contributed by atoms with van der Waals surface area (Å²) in [6.07, 6.45) is 7.11. The van der Waals surface area contributed by atoms with Gasteiger partial charge in [-0.05, 0) is 37.3 Å². The molecule has 5 heteroatoms. The molecule has 4 nitrogen and oxygen atoms in total. The fourth-order valence-electron chi connectivity index (χ4n) is 2.69. The first-order chi connectivity index (χ1) is 9.70. The van der Waals surface area contributed by atoms with Crippen LogP contribution in [0.4, 0.5) is 0 Å². The highest BCUT2D eigenvalue weighted by molar-refractivity contribution is 7.15. The summed E-state index contributed by atoms with van der Waals surface area (Å²) in [6, 6.07) is 1.97. The van der Waals surface area contributed by atoms with E-state index in [9.17, 15) is 9.90 Å². The Kier molecular flexibility index (Phi) is 3.53. The van der Waals surface area contributed by atoms with Crippen LogP contribution in [0.25, 0.3) is 10.6 Å². The number of carbonyl (C=O) groups is 1. The third-order valence-corrected chi connectivity index (χ3v) is 4.93. The van der Waals surface area contributed by atoms with E-state index in [0.29, 0.717) is 6.42 Å². The minimum absolute atomic E-state index is 0.435. The first-order valence-corrected chi connectivity index (χ1v) is 7.68. The fraction of sp³-hybridized carbons (Fsp3) is 0.400. The Hall–Kier alpha value is -1.75. The van der Waals surface area contributed by atoms with E-state index in [1.165, 1.54) is 0 Å². The molecule has 2 aromatic heterocycles. The molecule has 0 fully saturated rings. The van der Waals surface area contributed by atoms with Crippen LogP contribution in [0.3, 0.4) is 0 Å². The number of carboxylic acid groups (broad SMARTS) is 1. The van der Waals surface area contributed by atoms with Gasteiger partial charge in [-0.25, -0.2) is 4.98 Å². The third-order valence-electron chi connectivity index (χ3n) is 3.77. The Balaban J connectivity index is 2.07. The Morgan fingerprint density at radius 1 is 1.55 bits per heavy atom. The van der Waals surface area contributed by atoms with E-state index in [-0.39, 0.29) is 0 Å². The average Bonchev–Trinajstić information content (AvgIpc) is 2.90. The number of thiazole rings is 1. The molecule has 2 aromatic rings. The van der Waals surface area contributed by atoms with E-state index >= 15 is 0 Å². The van der Waals surface area contributed by atoms with Gasteiger partial charge in [-0.3, -0.25) is 9.78 Å². The molecule has 20 heavy (non-hydrogen) atoms. The van der Waals surface area contributed by atoms with E-state index in [4.69, 9.17) is 0 Å². The lowest BCUT2D eigenvalue weighted by Gasteiger charge is -2.16. The zero-order valence-electron chi connectivity index (χ0n) is 11.3.